The first-order valence-electron chi connectivity index (χ1n) is 7.26. The van der Waals surface area contributed by atoms with Crippen LogP contribution in [0.2, 0.25) is 5.02 Å². The monoisotopic (exact) mass is 309 g/mol. The van der Waals surface area contributed by atoms with E-state index in [-0.39, 0.29) is 11.8 Å². The highest BCUT2D eigenvalue weighted by Crippen LogP contribution is 2.22. The second-order valence-electron chi connectivity index (χ2n) is 5.62. The molecule has 0 saturated carbocycles. The smallest absolute Gasteiger partial charge is 0.326 e. The maximum atomic E-state index is 12.5. The van der Waals surface area contributed by atoms with Crippen molar-refractivity contribution in [2.75, 3.05) is 6.54 Å². The van der Waals surface area contributed by atoms with Gasteiger partial charge < -0.3 is 10.0 Å². The fourth-order valence-electron chi connectivity index (χ4n) is 2.84. The molecule has 1 aliphatic heterocycles. The first-order chi connectivity index (χ1) is 9.99. The molecule has 2 atom stereocenters. The van der Waals surface area contributed by atoms with E-state index in [1.807, 2.05) is 25.1 Å². The SMILES string of the molecule is CC(Cc1cccc(Cl)c1)C(=O)N1CCCCC1C(=O)O. The Hall–Kier alpha value is -1.55. The molecular formula is C16H20ClNO3. The van der Waals surface area contributed by atoms with Gasteiger partial charge in [-0.3, -0.25) is 4.79 Å². The standard InChI is InChI=1S/C16H20ClNO3/c1-11(9-12-5-4-6-13(17)10-12)15(19)18-8-3-2-7-14(18)16(20)21/h4-6,10-11,14H,2-3,7-9H2,1H3,(H,20,21). The van der Waals surface area contributed by atoms with Crippen LogP contribution in [-0.4, -0.2) is 34.5 Å². The van der Waals surface area contributed by atoms with E-state index in [0.29, 0.717) is 24.4 Å². The fourth-order valence-corrected chi connectivity index (χ4v) is 3.05. The van der Waals surface area contributed by atoms with E-state index in [4.69, 9.17) is 11.6 Å². The van der Waals surface area contributed by atoms with Crippen molar-refractivity contribution in [2.45, 2.75) is 38.6 Å². The largest absolute Gasteiger partial charge is 0.480 e. The summed E-state index contributed by atoms with van der Waals surface area (Å²) in [7, 11) is 0. The molecule has 1 saturated heterocycles. The van der Waals surface area contributed by atoms with Crippen molar-refractivity contribution in [1.82, 2.24) is 4.90 Å². The molecular weight excluding hydrogens is 290 g/mol. The van der Waals surface area contributed by atoms with Gasteiger partial charge in [-0.1, -0.05) is 30.7 Å². The molecule has 5 heteroatoms. The van der Waals surface area contributed by atoms with Crippen molar-refractivity contribution in [3.05, 3.63) is 34.9 Å². The number of carbonyl (C=O) groups is 2. The molecule has 0 aliphatic carbocycles. The highest BCUT2D eigenvalue weighted by Gasteiger charge is 2.33. The molecule has 2 unspecified atom stereocenters. The predicted octanol–water partition coefficient (Wildman–Crippen LogP) is 2.98. The van der Waals surface area contributed by atoms with Crippen molar-refractivity contribution < 1.29 is 14.7 Å². The van der Waals surface area contributed by atoms with Gasteiger partial charge in [-0.25, -0.2) is 4.79 Å². The number of carbonyl (C=O) groups excluding carboxylic acids is 1. The summed E-state index contributed by atoms with van der Waals surface area (Å²) in [6, 6.07) is 6.75. The molecule has 1 fully saturated rings. The van der Waals surface area contributed by atoms with Crippen LogP contribution in [-0.2, 0) is 16.0 Å². The van der Waals surface area contributed by atoms with Gasteiger partial charge in [0.05, 0.1) is 0 Å². The average molecular weight is 310 g/mol. The number of likely N-dealkylation sites (tertiary alicyclic amines) is 1. The maximum Gasteiger partial charge on any atom is 0.326 e. The lowest BCUT2D eigenvalue weighted by atomic mass is 9.96. The number of benzene rings is 1. The third-order valence-corrected chi connectivity index (χ3v) is 4.16. The molecule has 21 heavy (non-hydrogen) atoms. The number of rotatable bonds is 4. The van der Waals surface area contributed by atoms with Crippen LogP contribution in [0.4, 0.5) is 0 Å². The third-order valence-electron chi connectivity index (χ3n) is 3.92. The first-order valence-corrected chi connectivity index (χ1v) is 7.64. The molecule has 0 aromatic heterocycles. The van der Waals surface area contributed by atoms with Crippen LogP contribution in [0.25, 0.3) is 0 Å². The molecule has 2 rings (SSSR count). The van der Waals surface area contributed by atoms with Gasteiger partial charge in [-0.15, -0.1) is 0 Å². The molecule has 0 radical (unpaired) electrons. The predicted molar refractivity (Wildman–Crippen MR) is 81.3 cm³/mol. The molecule has 114 valence electrons. The topological polar surface area (TPSA) is 57.6 Å². The van der Waals surface area contributed by atoms with Crippen molar-refractivity contribution in [3.63, 3.8) is 0 Å². The lowest BCUT2D eigenvalue weighted by Crippen LogP contribution is -2.50. The van der Waals surface area contributed by atoms with Crippen molar-refractivity contribution in [2.24, 2.45) is 5.92 Å². The number of hydrogen-bond donors (Lipinski definition) is 1. The number of piperidine rings is 1. The minimum Gasteiger partial charge on any atom is -0.480 e. The summed E-state index contributed by atoms with van der Waals surface area (Å²) in [4.78, 5) is 25.3. The van der Waals surface area contributed by atoms with E-state index in [2.05, 4.69) is 0 Å². The lowest BCUT2D eigenvalue weighted by Gasteiger charge is -2.34. The van der Waals surface area contributed by atoms with Crippen molar-refractivity contribution >= 4 is 23.5 Å². The first kappa shape index (κ1) is 15.8. The van der Waals surface area contributed by atoms with E-state index < -0.39 is 12.0 Å². The molecule has 1 aliphatic rings. The second kappa shape index (κ2) is 6.94. The van der Waals surface area contributed by atoms with Crippen molar-refractivity contribution in [3.8, 4) is 0 Å². The lowest BCUT2D eigenvalue weighted by molar-refractivity contribution is -0.153. The summed E-state index contributed by atoms with van der Waals surface area (Å²) in [5.41, 5.74) is 0.993. The van der Waals surface area contributed by atoms with E-state index in [9.17, 15) is 14.7 Å². The van der Waals surface area contributed by atoms with Crippen LogP contribution >= 0.6 is 11.6 Å². The molecule has 4 nitrogen and oxygen atoms in total. The molecule has 1 aromatic rings. The summed E-state index contributed by atoms with van der Waals surface area (Å²) >= 11 is 5.95. The number of amides is 1. The number of carboxylic acids is 1. The van der Waals surface area contributed by atoms with Gasteiger partial charge in [0.25, 0.3) is 0 Å². The molecule has 1 aromatic carbocycles. The molecule has 0 bridgehead atoms. The third kappa shape index (κ3) is 3.97. The van der Waals surface area contributed by atoms with Gasteiger partial charge in [-0.05, 0) is 43.4 Å². The Morgan fingerprint density at radius 2 is 2.19 bits per heavy atom. The Bertz CT molecular complexity index is 532. The zero-order valence-electron chi connectivity index (χ0n) is 12.1. The maximum absolute atomic E-state index is 12.5. The molecule has 1 N–H and O–H groups in total. The highest BCUT2D eigenvalue weighted by molar-refractivity contribution is 6.30. The Morgan fingerprint density at radius 1 is 1.43 bits per heavy atom. The Labute approximate surface area is 129 Å². The summed E-state index contributed by atoms with van der Waals surface area (Å²) in [6.07, 6.45) is 2.86. The van der Waals surface area contributed by atoms with E-state index in [1.165, 1.54) is 4.90 Å². The van der Waals surface area contributed by atoms with Gasteiger partial charge in [0.15, 0.2) is 0 Å². The summed E-state index contributed by atoms with van der Waals surface area (Å²) in [6.45, 7) is 2.38. The van der Waals surface area contributed by atoms with Crippen LogP contribution in [0.1, 0.15) is 31.7 Å². The fraction of sp³-hybridized carbons (Fsp3) is 0.500. The van der Waals surface area contributed by atoms with Gasteiger partial charge >= 0.3 is 5.97 Å². The normalized spacial score (nSPS) is 20.1. The molecule has 1 amide bonds. The van der Waals surface area contributed by atoms with E-state index in [0.717, 1.165) is 18.4 Å². The minimum absolute atomic E-state index is 0.0814. The number of hydrogen-bond acceptors (Lipinski definition) is 2. The van der Waals surface area contributed by atoms with Crippen LogP contribution in [0.5, 0.6) is 0 Å². The van der Waals surface area contributed by atoms with Crippen LogP contribution < -0.4 is 0 Å². The van der Waals surface area contributed by atoms with Crippen LogP contribution in [0, 0.1) is 5.92 Å². The highest BCUT2D eigenvalue weighted by atomic mass is 35.5. The number of nitrogens with zero attached hydrogens (tertiary/aromatic N) is 1. The van der Waals surface area contributed by atoms with Gasteiger partial charge in [0, 0.05) is 17.5 Å². The Balaban J connectivity index is 2.05. The van der Waals surface area contributed by atoms with E-state index in [1.54, 1.807) is 6.07 Å². The zero-order valence-corrected chi connectivity index (χ0v) is 12.8. The molecule has 1 heterocycles. The number of aliphatic carboxylic acids is 1. The summed E-state index contributed by atoms with van der Waals surface area (Å²) < 4.78 is 0. The van der Waals surface area contributed by atoms with Crippen LogP contribution in [0.3, 0.4) is 0 Å². The van der Waals surface area contributed by atoms with Crippen molar-refractivity contribution in [1.29, 1.82) is 0 Å². The van der Waals surface area contributed by atoms with Gasteiger partial charge in [-0.2, -0.15) is 0 Å². The average Bonchev–Trinajstić information content (AvgIpc) is 2.46. The second-order valence-corrected chi connectivity index (χ2v) is 6.05. The van der Waals surface area contributed by atoms with Gasteiger partial charge in [0.1, 0.15) is 6.04 Å². The Morgan fingerprint density at radius 3 is 2.86 bits per heavy atom. The minimum atomic E-state index is -0.905. The summed E-state index contributed by atoms with van der Waals surface area (Å²) in [5, 5.41) is 9.90. The zero-order chi connectivity index (χ0) is 15.4. The Kier molecular flexibility index (Phi) is 5.23. The number of carboxylic acid groups (broad SMARTS) is 1. The van der Waals surface area contributed by atoms with Gasteiger partial charge in [0.2, 0.25) is 5.91 Å². The number of halogens is 1. The summed E-state index contributed by atoms with van der Waals surface area (Å²) in [5.74, 6) is -1.23. The van der Waals surface area contributed by atoms with Crippen LogP contribution in [0.15, 0.2) is 24.3 Å². The van der Waals surface area contributed by atoms with E-state index >= 15 is 0 Å². The quantitative estimate of drug-likeness (QED) is 0.930. The molecule has 0 spiro atoms.